The molecule has 1 nitrogen and oxygen atoms in total. The van der Waals surface area contributed by atoms with Crippen LogP contribution in [0.2, 0.25) is 0 Å². The van der Waals surface area contributed by atoms with E-state index in [0.717, 1.165) is 8.95 Å². The van der Waals surface area contributed by atoms with Gasteiger partial charge in [-0.15, -0.1) is 0 Å². The second-order valence-corrected chi connectivity index (χ2v) is 12.2. The molecule has 0 fully saturated rings. The lowest BCUT2D eigenvalue weighted by atomic mass is 9.42. The van der Waals surface area contributed by atoms with Crippen LogP contribution in [0, 0.1) is 0 Å². The maximum absolute atomic E-state index is 3.79. The van der Waals surface area contributed by atoms with E-state index in [0.29, 0.717) is 0 Å². The molecule has 0 aliphatic carbocycles. The minimum Gasteiger partial charge on any atom is -0.376 e. The van der Waals surface area contributed by atoms with E-state index in [1.807, 2.05) is 0 Å². The molecule has 40 heavy (non-hydrogen) atoms. The molecule has 6 aromatic carbocycles. The van der Waals surface area contributed by atoms with Gasteiger partial charge in [-0.25, -0.2) is 0 Å². The second kappa shape index (κ2) is 9.37. The third-order valence-electron chi connectivity index (χ3n) is 8.19. The summed E-state index contributed by atoms with van der Waals surface area (Å²) in [6.45, 7) is 0.0414. The third-order valence-corrected chi connectivity index (χ3v) is 9.17. The van der Waals surface area contributed by atoms with Gasteiger partial charge < -0.3 is 4.81 Å². The number of benzene rings is 6. The number of rotatable bonds is 2. The lowest BCUT2D eigenvalue weighted by Gasteiger charge is -2.44. The maximum Gasteiger partial charge on any atom is 0.329 e. The molecule has 0 N–H and O–H groups in total. The Labute approximate surface area is 251 Å². The minimum absolute atomic E-state index is 0.0414. The Morgan fingerprint density at radius 1 is 0.425 bits per heavy atom. The predicted molar refractivity (Wildman–Crippen MR) is 177 cm³/mol. The molecule has 2 aliphatic heterocycles. The Bertz CT molecular complexity index is 1790. The molecule has 0 radical (unpaired) electrons. The number of fused-ring (bicyclic) bond motifs is 11. The van der Waals surface area contributed by atoms with E-state index in [4.69, 9.17) is 0 Å². The van der Waals surface area contributed by atoms with Crippen molar-refractivity contribution in [2.24, 2.45) is 0 Å². The summed E-state index contributed by atoms with van der Waals surface area (Å²) in [5.74, 6) is 0. The average Bonchev–Trinajstić information content (AvgIpc) is 3.01. The molecule has 0 aromatic heterocycles. The molecular weight excluding hydrogens is 617 g/mol. The normalized spacial score (nSPS) is 12.7. The SMILES string of the molecule is Brc1ccc2c(c1)-c1c(cccc1-c1ccccc1)B1c3cccc(-c4ccccc4)c3-c3cc(Br)ccc3N12. The van der Waals surface area contributed by atoms with E-state index < -0.39 is 0 Å². The zero-order valence-electron chi connectivity index (χ0n) is 21.5. The van der Waals surface area contributed by atoms with E-state index in [-0.39, 0.29) is 6.85 Å². The van der Waals surface area contributed by atoms with E-state index in [2.05, 4.69) is 170 Å². The van der Waals surface area contributed by atoms with Gasteiger partial charge in [0.15, 0.2) is 0 Å². The summed E-state index contributed by atoms with van der Waals surface area (Å²) in [5.41, 5.74) is 15.2. The van der Waals surface area contributed by atoms with Crippen LogP contribution in [0.5, 0.6) is 0 Å². The van der Waals surface area contributed by atoms with Crippen LogP contribution in [0.1, 0.15) is 0 Å². The maximum atomic E-state index is 3.79. The predicted octanol–water partition coefficient (Wildman–Crippen LogP) is 9.45. The van der Waals surface area contributed by atoms with Crippen molar-refractivity contribution in [2.75, 3.05) is 4.81 Å². The van der Waals surface area contributed by atoms with Gasteiger partial charge in [0, 0.05) is 31.4 Å². The van der Waals surface area contributed by atoms with Gasteiger partial charge in [0.25, 0.3) is 0 Å². The van der Waals surface area contributed by atoms with Crippen molar-refractivity contribution in [3.63, 3.8) is 0 Å². The Morgan fingerprint density at radius 3 is 1.32 bits per heavy atom. The molecule has 0 atom stereocenters. The molecule has 0 saturated carbocycles. The van der Waals surface area contributed by atoms with Crippen molar-refractivity contribution in [3.05, 3.63) is 142 Å². The summed E-state index contributed by atoms with van der Waals surface area (Å²) < 4.78 is 2.16. The molecule has 188 valence electrons. The average molecular weight is 639 g/mol. The third kappa shape index (κ3) is 3.60. The van der Waals surface area contributed by atoms with Gasteiger partial charge in [-0.2, -0.15) is 0 Å². The molecule has 0 saturated heterocycles. The lowest BCUT2D eigenvalue weighted by Crippen LogP contribution is -2.59. The van der Waals surface area contributed by atoms with Crippen molar-refractivity contribution < 1.29 is 0 Å². The zero-order chi connectivity index (χ0) is 26.8. The fourth-order valence-corrected chi connectivity index (χ4v) is 7.33. The topological polar surface area (TPSA) is 3.24 Å². The quantitative estimate of drug-likeness (QED) is 0.171. The van der Waals surface area contributed by atoms with Crippen molar-refractivity contribution in [3.8, 4) is 44.5 Å². The molecule has 0 unspecified atom stereocenters. The van der Waals surface area contributed by atoms with Crippen LogP contribution in [0.25, 0.3) is 44.5 Å². The van der Waals surface area contributed by atoms with Gasteiger partial charge in [-0.3, -0.25) is 0 Å². The van der Waals surface area contributed by atoms with Crippen LogP contribution in [0.15, 0.2) is 142 Å². The highest BCUT2D eigenvalue weighted by Gasteiger charge is 2.43. The lowest BCUT2D eigenvalue weighted by molar-refractivity contribution is 1.34. The summed E-state index contributed by atoms with van der Waals surface area (Å²) in [6.07, 6.45) is 0. The standard InChI is InChI=1S/C36H22BBr2N/c38-25-17-19-33-29(21-25)35-27(23-9-3-1-4-10-23)13-7-15-31(35)37-32-16-8-14-28(24-11-5-2-6-12-24)36(32)30-22-26(39)18-20-34(30)40(33)37/h1-22H. The summed E-state index contributed by atoms with van der Waals surface area (Å²) in [6, 6.07) is 48.6. The Kier molecular flexibility index (Phi) is 5.62. The highest BCUT2D eigenvalue weighted by Crippen LogP contribution is 2.50. The minimum atomic E-state index is 0.0414. The van der Waals surface area contributed by atoms with Crippen molar-refractivity contribution in [1.29, 1.82) is 0 Å². The summed E-state index contributed by atoms with van der Waals surface area (Å²) in [5, 5.41) is 0. The summed E-state index contributed by atoms with van der Waals surface area (Å²) in [4.78, 5) is 2.55. The van der Waals surface area contributed by atoms with Crippen LogP contribution in [-0.2, 0) is 0 Å². The smallest absolute Gasteiger partial charge is 0.329 e. The van der Waals surface area contributed by atoms with Gasteiger partial charge in [0.05, 0.1) is 0 Å². The monoisotopic (exact) mass is 637 g/mol. The van der Waals surface area contributed by atoms with Crippen LogP contribution in [0.3, 0.4) is 0 Å². The van der Waals surface area contributed by atoms with E-state index >= 15 is 0 Å². The van der Waals surface area contributed by atoms with Crippen LogP contribution < -0.4 is 15.7 Å². The summed E-state index contributed by atoms with van der Waals surface area (Å²) >= 11 is 7.58. The first-order chi connectivity index (χ1) is 19.7. The number of hydrogen-bond acceptors (Lipinski definition) is 1. The molecule has 2 aliphatic rings. The molecule has 0 amide bonds. The van der Waals surface area contributed by atoms with Crippen molar-refractivity contribution in [2.45, 2.75) is 0 Å². The second-order valence-electron chi connectivity index (χ2n) is 10.4. The van der Waals surface area contributed by atoms with E-state index in [1.54, 1.807) is 0 Å². The number of halogens is 2. The van der Waals surface area contributed by atoms with Crippen LogP contribution in [0.4, 0.5) is 11.4 Å². The highest BCUT2D eigenvalue weighted by molar-refractivity contribution is 9.10. The summed E-state index contributed by atoms with van der Waals surface area (Å²) in [7, 11) is 0. The van der Waals surface area contributed by atoms with Crippen molar-refractivity contribution >= 4 is 61.0 Å². The first-order valence-electron chi connectivity index (χ1n) is 13.4. The molecule has 2 heterocycles. The van der Waals surface area contributed by atoms with Gasteiger partial charge in [-0.1, -0.05) is 129 Å². The largest absolute Gasteiger partial charge is 0.376 e. The van der Waals surface area contributed by atoms with E-state index in [1.165, 1.54) is 66.8 Å². The van der Waals surface area contributed by atoms with Gasteiger partial charge in [0.2, 0.25) is 0 Å². The molecule has 0 spiro atoms. The fourth-order valence-electron chi connectivity index (χ4n) is 6.60. The van der Waals surface area contributed by atoms with Crippen LogP contribution in [-0.4, -0.2) is 6.85 Å². The first-order valence-corrected chi connectivity index (χ1v) is 15.0. The Hall–Kier alpha value is -3.86. The fraction of sp³-hybridized carbons (Fsp3) is 0. The molecular formula is C36H22BBr2N. The highest BCUT2D eigenvalue weighted by atomic mass is 79.9. The Balaban J connectivity index is 1.50. The first kappa shape index (κ1) is 24.0. The molecule has 8 rings (SSSR count). The van der Waals surface area contributed by atoms with Crippen molar-refractivity contribution in [1.82, 2.24) is 0 Å². The molecule has 0 bridgehead atoms. The molecule has 4 heteroatoms. The zero-order valence-corrected chi connectivity index (χ0v) is 24.7. The van der Waals surface area contributed by atoms with Gasteiger partial charge >= 0.3 is 6.85 Å². The number of nitrogens with zero attached hydrogens (tertiary/aromatic N) is 1. The molecule has 6 aromatic rings. The Morgan fingerprint density at radius 2 is 0.875 bits per heavy atom. The van der Waals surface area contributed by atoms with Crippen LogP contribution >= 0.6 is 31.9 Å². The van der Waals surface area contributed by atoms with Gasteiger partial charge in [-0.05, 0) is 80.7 Å². The van der Waals surface area contributed by atoms with E-state index in [9.17, 15) is 0 Å². The number of hydrogen-bond donors (Lipinski definition) is 0. The number of anilines is 2. The van der Waals surface area contributed by atoms with Gasteiger partial charge in [0.1, 0.15) is 0 Å².